The van der Waals surface area contributed by atoms with Crippen molar-refractivity contribution >= 4 is 33.8 Å². The Balaban J connectivity index is 0.000000138. The predicted molar refractivity (Wildman–Crippen MR) is 79.9 cm³/mol. The molecule has 98 valence electrons. The Kier molecular flexibility index (Phi) is 4.88. The summed E-state index contributed by atoms with van der Waals surface area (Å²) in [5, 5.41) is 3.26. The van der Waals surface area contributed by atoms with Crippen LogP contribution < -0.4 is 5.32 Å². The molecule has 2 N–H and O–H groups in total. The molecule has 1 fully saturated rings. The Morgan fingerprint density at radius 3 is 2.44 bits per heavy atom. The van der Waals surface area contributed by atoms with E-state index in [9.17, 15) is 0 Å². The zero-order valence-electron chi connectivity index (χ0n) is 10.6. The van der Waals surface area contributed by atoms with Crippen molar-refractivity contribution in [3.8, 4) is 0 Å². The average Bonchev–Trinajstić information content (AvgIpc) is 2.69. The number of nitrogens with one attached hydrogen (secondary N) is 2. The minimum absolute atomic E-state index is 0.402. The van der Waals surface area contributed by atoms with E-state index in [1.54, 1.807) is 11.3 Å². The molecule has 2 heterocycles. The molecule has 18 heavy (non-hydrogen) atoms. The minimum atomic E-state index is 0.402. The van der Waals surface area contributed by atoms with Crippen LogP contribution >= 0.6 is 23.6 Å². The first-order valence-corrected chi connectivity index (χ1v) is 7.31. The van der Waals surface area contributed by atoms with E-state index in [-0.39, 0.29) is 0 Å². The molecular formula is C13H18N2OS2. The SMILES string of the molecule is CC1CNCC(C)O1.S=c1[nH]c2ccccc2s1. The van der Waals surface area contributed by atoms with Gasteiger partial charge in [0.05, 0.1) is 22.4 Å². The Bertz CT molecular complexity index is 505. The maximum absolute atomic E-state index is 5.42. The topological polar surface area (TPSA) is 37.0 Å². The van der Waals surface area contributed by atoms with Crippen molar-refractivity contribution in [2.24, 2.45) is 0 Å². The maximum Gasteiger partial charge on any atom is 0.159 e. The van der Waals surface area contributed by atoms with Gasteiger partial charge in [0.25, 0.3) is 0 Å². The first-order chi connectivity index (χ1) is 8.65. The van der Waals surface area contributed by atoms with Crippen molar-refractivity contribution in [3.05, 3.63) is 28.2 Å². The third-order valence-electron chi connectivity index (χ3n) is 2.65. The summed E-state index contributed by atoms with van der Waals surface area (Å²) in [6.07, 6.45) is 0.803. The van der Waals surface area contributed by atoms with Crippen LogP contribution in [-0.4, -0.2) is 30.3 Å². The van der Waals surface area contributed by atoms with Gasteiger partial charge in [0.15, 0.2) is 3.95 Å². The molecule has 1 aromatic heterocycles. The van der Waals surface area contributed by atoms with Gasteiger partial charge < -0.3 is 15.0 Å². The number of hydrogen-bond acceptors (Lipinski definition) is 4. The van der Waals surface area contributed by atoms with Crippen molar-refractivity contribution < 1.29 is 4.74 Å². The second-order valence-corrected chi connectivity index (χ2v) is 6.15. The van der Waals surface area contributed by atoms with E-state index in [0.29, 0.717) is 12.2 Å². The summed E-state index contributed by atoms with van der Waals surface area (Å²) < 4.78 is 7.50. The van der Waals surface area contributed by atoms with Crippen LogP contribution in [0.4, 0.5) is 0 Å². The number of aromatic amines is 1. The number of hydrogen-bond donors (Lipinski definition) is 2. The highest BCUT2D eigenvalue weighted by Crippen LogP contribution is 2.17. The fourth-order valence-corrected chi connectivity index (χ4v) is 2.99. The second-order valence-electron chi connectivity index (χ2n) is 4.43. The van der Waals surface area contributed by atoms with Gasteiger partial charge in [-0.05, 0) is 38.2 Å². The fraction of sp³-hybridized carbons (Fsp3) is 0.462. The highest BCUT2D eigenvalue weighted by molar-refractivity contribution is 7.73. The number of morpholine rings is 1. The normalized spacial score (nSPS) is 23.4. The van der Waals surface area contributed by atoms with E-state index in [4.69, 9.17) is 17.0 Å². The van der Waals surface area contributed by atoms with Crippen molar-refractivity contribution in [1.29, 1.82) is 0 Å². The molecule has 0 spiro atoms. The molecule has 1 aromatic carbocycles. The summed E-state index contributed by atoms with van der Waals surface area (Å²) in [5.74, 6) is 0. The van der Waals surface area contributed by atoms with Crippen LogP contribution in [0.5, 0.6) is 0 Å². The summed E-state index contributed by atoms with van der Waals surface area (Å²) >= 11 is 6.59. The third kappa shape index (κ3) is 3.88. The summed E-state index contributed by atoms with van der Waals surface area (Å²) in [4.78, 5) is 3.09. The number of H-pyrrole nitrogens is 1. The van der Waals surface area contributed by atoms with Crippen LogP contribution in [0.3, 0.4) is 0 Å². The molecule has 1 aliphatic heterocycles. The van der Waals surface area contributed by atoms with E-state index in [2.05, 4.69) is 30.2 Å². The number of benzene rings is 1. The Labute approximate surface area is 116 Å². The molecule has 1 saturated heterocycles. The first-order valence-electron chi connectivity index (χ1n) is 6.09. The molecule has 0 bridgehead atoms. The number of para-hydroxylation sites is 1. The Morgan fingerprint density at radius 2 is 1.89 bits per heavy atom. The summed E-state index contributed by atoms with van der Waals surface area (Å²) in [6, 6.07) is 8.11. The van der Waals surface area contributed by atoms with Gasteiger partial charge >= 0.3 is 0 Å². The lowest BCUT2D eigenvalue weighted by molar-refractivity contribution is -0.0166. The van der Waals surface area contributed by atoms with E-state index >= 15 is 0 Å². The molecule has 2 aromatic rings. The molecule has 5 heteroatoms. The van der Waals surface area contributed by atoms with Gasteiger partial charge in [-0.25, -0.2) is 0 Å². The van der Waals surface area contributed by atoms with Crippen molar-refractivity contribution in [3.63, 3.8) is 0 Å². The van der Waals surface area contributed by atoms with Gasteiger partial charge in [0, 0.05) is 13.1 Å². The lowest BCUT2D eigenvalue weighted by Gasteiger charge is -2.25. The largest absolute Gasteiger partial charge is 0.373 e. The van der Waals surface area contributed by atoms with Gasteiger partial charge in [-0.1, -0.05) is 12.1 Å². The van der Waals surface area contributed by atoms with Crippen LogP contribution in [0, 0.1) is 3.95 Å². The molecular weight excluding hydrogens is 264 g/mol. The highest BCUT2D eigenvalue weighted by Gasteiger charge is 2.12. The zero-order valence-corrected chi connectivity index (χ0v) is 12.2. The highest BCUT2D eigenvalue weighted by atomic mass is 32.1. The molecule has 1 aliphatic rings. The van der Waals surface area contributed by atoms with Crippen molar-refractivity contribution in [2.45, 2.75) is 26.1 Å². The van der Waals surface area contributed by atoms with Gasteiger partial charge in [-0.2, -0.15) is 0 Å². The van der Waals surface area contributed by atoms with Crippen LogP contribution in [0.1, 0.15) is 13.8 Å². The van der Waals surface area contributed by atoms with Crippen molar-refractivity contribution in [1.82, 2.24) is 10.3 Å². The number of aromatic nitrogens is 1. The van der Waals surface area contributed by atoms with E-state index in [1.807, 2.05) is 18.2 Å². The second kappa shape index (κ2) is 6.43. The average molecular weight is 282 g/mol. The number of fused-ring (bicyclic) bond motifs is 1. The fourth-order valence-electron chi connectivity index (χ4n) is 1.88. The van der Waals surface area contributed by atoms with Crippen LogP contribution in [0.15, 0.2) is 24.3 Å². The van der Waals surface area contributed by atoms with E-state index < -0.39 is 0 Å². The molecule has 3 nitrogen and oxygen atoms in total. The Morgan fingerprint density at radius 1 is 1.22 bits per heavy atom. The summed E-state index contributed by atoms with van der Waals surface area (Å²) in [5.41, 5.74) is 1.14. The Hall–Kier alpha value is -0.750. The molecule has 3 rings (SSSR count). The van der Waals surface area contributed by atoms with Crippen LogP contribution in [0.25, 0.3) is 10.2 Å². The lowest BCUT2D eigenvalue weighted by Crippen LogP contribution is -2.41. The number of thiazole rings is 1. The van der Waals surface area contributed by atoms with Crippen molar-refractivity contribution in [2.75, 3.05) is 13.1 Å². The quantitative estimate of drug-likeness (QED) is 0.728. The predicted octanol–water partition coefficient (Wildman–Crippen LogP) is 3.34. The lowest BCUT2D eigenvalue weighted by atomic mass is 10.3. The van der Waals surface area contributed by atoms with Gasteiger partial charge in [0.1, 0.15) is 0 Å². The molecule has 0 amide bonds. The van der Waals surface area contributed by atoms with E-state index in [0.717, 1.165) is 22.6 Å². The van der Waals surface area contributed by atoms with E-state index in [1.165, 1.54) is 4.70 Å². The molecule has 0 saturated carbocycles. The monoisotopic (exact) mass is 282 g/mol. The molecule has 0 radical (unpaired) electrons. The summed E-state index contributed by atoms with van der Waals surface area (Å²) in [7, 11) is 0. The van der Waals surface area contributed by atoms with Gasteiger partial charge in [0.2, 0.25) is 0 Å². The standard InChI is InChI=1S/C7H5NS2.C6H13NO/c9-7-8-5-3-1-2-4-6(5)10-7;1-5-3-7-4-6(2)8-5/h1-4H,(H,8,9);5-7H,3-4H2,1-2H3. The molecule has 0 aliphatic carbocycles. The number of rotatable bonds is 0. The third-order valence-corrected chi connectivity index (χ3v) is 3.87. The maximum atomic E-state index is 5.42. The molecule has 2 unspecified atom stereocenters. The first kappa shape index (κ1) is 13.7. The van der Waals surface area contributed by atoms with Gasteiger partial charge in [-0.15, -0.1) is 11.3 Å². The summed E-state index contributed by atoms with van der Waals surface area (Å²) in [6.45, 7) is 6.18. The smallest absolute Gasteiger partial charge is 0.159 e. The number of ether oxygens (including phenoxy) is 1. The molecule has 2 atom stereocenters. The zero-order chi connectivity index (χ0) is 13.0. The van der Waals surface area contributed by atoms with Crippen LogP contribution in [-0.2, 0) is 4.74 Å². The van der Waals surface area contributed by atoms with Gasteiger partial charge in [-0.3, -0.25) is 0 Å². The minimum Gasteiger partial charge on any atom is -0.373 e. The van der Waals surface area contributed by atoms with Crippen LogP contribution in [0.2, 0.25) is 0 Å².